The summed E-state index contributed by atoms with van der Waals surface area (Å²) in [5.41, 5.74) is 0.757. The quantitative estimate of drug-likeness (QED) is 0.494. The lowest BCUT2D eigenvalue weighted by Gasteiger charge is -2.09. The number of hydrogen-bond donors (Lipinski definition) is 2. The fourth-order valence-electron chi connectivity index (χ4n) is 2.72. The van der Waals surface area contributed by atoms with E-state index in [1.807, 2.05) is 17.5 Å². The van der Waals surface area contributed by atoms with Gasteiger partial charge in [0.05, 0.1) is 4.88 Å². The second-order valence-corrected chi connectivity index (χ2v) is 7.23. The number of carbonyl (C=O) groups excluding carboxylic acids is 1. The number of anilines is 1. The van der Waals surface area contributed by atoms with Crippen LogP contribution in [0.3, 0.4) is 0 Å². The van der Waals surface area contributed by atoms with Gasteiger partial charge >= 0.3 is 0 Å². The maximum absolute atomic E-state index is 13.7. The van der Waals surface area contributed by atoms with E-state index in [1.165, 1.54) is 40.3 Å². The molecule has 0 bridgehead atoms. The van der Waals surface area contributed by atoms with Crippen LogP contribution in [0.2, 0.25) is 0 Å². The Hall–Kier alpha value is -3.79. The maximum atomic E-state index is 13.7. The van der Waals surface area contributed by atoms with E-state index in [9.17, 15) is 14.0 Å². The number of aryl methyl sites for hydroxylation is 1. The van der Waals surface area contributed by atoms with Crippen molar-refractivity contribution in [2.24, 2.45) is 0 Å². The molecule has 1 aromatic carbocycles. The molecule has 152 valence electrons. The first-order valence-corrected chi connectivity index (χ1v) is 9.77. The zero-order chi connectivity index (χ0) is 21.1. The molecular formula is C20H16FN5O3S. The van der Waals surface area contributed by atoms with E-state index in [-0.39, 0.29) is 23.1 Å². The van der Waals surface area contributed by atoms with Gasteiger partial charge in [-0.1, -0.05) is 18.2 Å². The highest BCUT2D eigenvalue weighted by Crippen LogP contribution is 2.27. The van der Waals surface area contributed by atoms with Crippen LogP contribution >= 0.6 is 11.3 Å². The Morgan fingerprint density at radius 1 is 1.27 bits per heavy atom. The van der Waals surface area contributed by atoms with Crippen molar-refractivity contribution < 1.29 is 13.9 Å². The van der Waals surface area contributed by atoms with Gasteiger partial charge in [0.25, 0.3) is 11.5 Å². The van der Waals surface area contributed by atoms with Crippen molar-refractivity contribution in [1.82, 2.24) is 19.7 Å². The van der Waals surface area contributed by atoms with E-state index < -0.39 is 18.3 Å². The molecule has 0 aliphatic rings. The highest BCUT2D eigenvalue weighted by Gasteiger charge is 2.17. The predicted molar refractivity (Wildman–Crippen MR) is 111 cm³/mol. The Morgan fingerprint density at radius 2 is 2.10 bits per heavy atom. The number of carbonyl (C=O) groups is 1. The SMILES string of the molecule is Cc1cc(=O)[nH]c(-n2nc(-c3cccs3)cc2NC(=O)COc2ccccc2F)n1. The molecule has 10 heteroatoms. The van der Waals surface area contributed by atoms with Crippen LogP contribution in [0.5, 0.6) is 5.75 Å². The number of H-pyrrole nitrogens is 1. The van der Waals surface area contributed by atoms with Crippen molar-refractivity contribution in [3.8, 4) is 22.3 Å². The van der Waals surface area contributed by atoms with Crippen molar-refractivity contribution in [3.05, 3.63) is 75.8 Å². The Morgan fingerprint density at radius 3 is 2.83 bits per heavy atom. The monoisotopic (exact) mass is 425 g/mol. The van der Waals surface area contributed by atoms with Gasteiger partial charge in [-0.2, -0.15) is 9.78 Å². The van der Waals surface area contributed by atoms with Gasteiger partial charge in [-0.3, -0.25) is 14.6 Å². The lowest BCUT2D eigenvalue weighted by molar-refractivity contribution is -0.118. The molecule has 0 saturated carbocycles. The average Bonchev–Trinajstić information content (AvgIpc) is 3.36. The minimum absolute atomic E-state index is 0.0230. The molecule has 0 radical (unpaired) electrons. The van der Waals surface area contributed by atoms with Crippen LogP contribution in [0.15, 0.2) is 58.7 Å². The molecule has 2 N–H and O–H groups in total. The molecule has 30 heavy (non-hydrogen) atoms. The highest BCUT2D eigenvalue weighted by molar-refractivity contribution is 7.13. The van der Waals surface area contributed by atoms with Gasteiger partial charge in [0, 0.05) is 17.8 Å². The Bertz CT molecular complexity index is 1250. The molecule has 3 aromatic heterocycles. The normalized spacial score (nSPS) is 10.7. The third kappa shape index (κ3) is 4.28. The minimum atomic E-state index is -0.558. The summed E-state index contributed by atoms with van der Waals surface area (Å²) < 4.78 is 20.3. The Labute approximate surface area is 174 Å². The molecule has 4 aromatic rings. The fraction of sp³-hybridized carbons (Fsp3) is 0.100. The first kappa shape index (κ1) is 19.5. The summed E-state index contributed by atoms with van der Waals surface area (Å²) in [6.45, 7) is 1.28. The highest BCUT2D eigenvalue weighted by atomic mass is 32.1. The van der Waals surface area contributed by atoms with Crippen LogP contribution in [-0.4, -0.2) is 32.3 Å². The second kappa shape index (κ2) is 8.29. The topological polar surface area (TPSA) is 102 Å². The first-order valence-electron chi connectivity index (χ1n) is 8.89. The number of halogens is 1. The smallest absolute Gasteiger partial charge is 0.263 e. The summed E-state index contributed by atoms with van der Waals surface area (Å²) in [7, 11) is 0. The maximum Gasteiger partial charge on any atom is 0.263 e. The Balaban J connectivity index is 1.62. The van der Waals surface area contributed by atoms with E-state index >= 15 is 0 Å². The van der Waals surface area contributed by atoms with Gasteiger partial charge in [-0.15, -0.1) is 11.3 Å². The van der Waals surface area contributed by atoms with Crippen molar-refractivity contribution in [3.63, 3.8) is 0 Å². The number of aromatic nitrogens is 4. The third-order valence-corrected chi connectivity index (χ3v) is 4.90. The molecular weight excluding hydrogens is 409 g/mol. The molecule has 0 saturated heterocycles. The molecule has 0 unspecified atom stereocenters. The lowest BCUT2D eigenvalue weighted by atomic mass is 10.3. The minimum Gasteiger partial charge on any atom is -0.481 e. The Kier molecular flexibility index (Phi) is 5.40. The summed E-state index contributed by atoms with van der Waals surface area (Å²) in [6.07, 6.45) is 0. The van der Waals surface area contributed by atoms with Crippen molar-refractivity contribution in [2.45, 2.75) is 6.92 Å². The van der Waals surface area contributed by atoms with Crippen molar-refractivity contribution in [1.29, 1.82) is 0 Å². The zero-order valence-electron chi connectivity index (χ0n) is 15.8. The number of nitrogens with zero attached hydrogens (tertiary/aromatic N) is 3. The number of aromatic amines is 1. The molecule has 8 nitrogen and oxygen atoms in total. The van der Waals surface area contributed by atoms with E-state index in [1.54, 1.807) is 19.1 Å². The molecule has 0 spiro atoms. The number of nitrogens with one attached hydrogen (secondary N) is 2. The molecule has 0 aliphatic carbocycles. The van der Waals surface area contributed by atoms with Crippen LogP contribution in [0, 0.1) is 12.7 Å². The number of benzene rings is 1. The van der Waals surface area contributed by atoms with Crippen molar-refractivity contribution in [2.75, 3.05) is 11.9 Å². The summed E-state index contributed by atoms with van der Waals surface area (Å²) in [5.74, 6) is -0.656. The largest absolute Gasteiger partial charge is 0.481 e. The van der Waals surface area contributed by atoms with E-state index in [0.717, 1.165) is 4.88 Å². The van der Waals surface area contributed by atoms with Crippen LogP contribution in [0.4, 0.5) is 10.2 Å². The predicted octanol–water partition coefficient (Wildman–Crippen LogP) is 3.15. The van der Waals surface area contributed by atoms with Gasteiger partial charge in [-0.25, -0.2) is 9.37 Å². The van der Waals surface area contributed by atoms with Gasteiger partial charge in [0.2, 0.25) is 5.95 Å². The fourth-order valence-corrected chi connectivity index (χ4v) is 3.41. The van der Waals surface area contributed by atoms with Crippen molar-refractivity contribution >= 4 is 23.1 Å². The summed E-state index contributed by atoms with van der Waals surface area (Å²) in [4.78, 5) is 32.1. The third-order valence-electron chi connectivity index (χ3n) is 4.00. The number of ether oxygens (including phenoxy) is 1. The molecule has 0 aliphatic heterocycles. The lowest BCUT2D eigenvalue weighted by Crippen LogP contribution is -2.23. The van der Waals surface area contributed by atoms with Gasteiger partial charge in [0.1, 0.15) is 11.5 Å². The van der Waals surface area contributed by atoms with Gasteiger partial charge in [-0.05, 0) is 30.5 Å². The molecule has 0 fully saturated rings. The zero-order valence-corrected chi connectivity index (χ0v) is 16.6. The van der Waals surface area contributed by atoms with Gasteiger partial charge in [0.15, 0.2) is 18.2 Å². The van der Waals surface area contributed by atoms with Crippen LogP contribution in [-0.2, 0) is 4.79 Å². The molecule has 4 rings (SSSR count). The number of thiophene rings is 1. The van der Waals surface area contributed by atoms with Crippen LogP contribution in [0.25, 0.3) is 16.5 Å². The van der Waals surface area contributed by atoms with Gasteiger partial charge < -0.3 is 10.1 Å². The number of para-hydroxylation sites is 1. The number of amides is 1. The molecule has 0 atom stereocenters. The van der Waals surface area contributed by atoms with Crippen LogP contribution in [0.1, 0.15) is 5.69 Å². The summed E-state index contributed by atoms with van der Waals surface area (Å²) in [5, 5.41) is 9.05. The summed E-state index contributed by atoms with van der Waals surface area (Å²) in [6, 6.07) is 12.6. The number of rotatable bonds is 6. The number of hydrogen-bond acceptors (Lipinski definition) is 6. The standard InChI is InChI=1S/C20H16FN5O3S/c1-12-9-18(27)24-20(22-12)26-17(10-14(25-26)16-7-4-8-30-16)23-19(28)11-29-15-6-3-2-5-13(15)21/h2-10H,11H2,1H3,(H,23,28)(H,22,24,27). The van der Waals surface area contributed by atoms with Crippen LogP contribution < -0.4 is 15.6 Å². The van der Waals surface area contributed by atoms with E-state index in [4.69, 9.17) is 4.74 Å². The molecule has 3 heterocycles. The first-order chi connectivity index (χ1) is 14.5. The second-order valence-electron chi connectivity index (χ2n) is 6.28. The van der Waals surface area contributed by atoms with E-state index in [0.29, 0.717) is 11.4 Å². The summed E-state index contributed by atoms with van der Waals surface area (Å²) >= 11 is 1.48. The average molecular weight is 425 g/mol. The molecule has 1 amide bonds. The van der Waals surface area contributed by atoms with E-state index in [2.05, 4.69) is 20.4 Å².